The molecule has 3 aromatic rings. The summed E-state index contributed by atoms with van der Waals surface area (Å²) in [5, 5.41) is 2.01. The van der Waals surface area contributed by atoms with Gasteiger partial charge in [-0.2, -0.15) is 0 Å². The van der Waals surface area contributed by atoms with Crippen LogP contribution in [-0.4, -0.2) is 41.8 Å². The van der Waals surface area contributed by atoms with Crippen molar-refractivity contribution in [2.24, 2.45) is 0 Å². The van der Waals surface area contributed by atoms with Crippen LogP contribution in [0.5, 0.6) is 0 Å². The van der Waals surface area contributed by atoms with E-state index in [-0.39, 0.29) is 23.6 Å². The number of fused-ring (bicyclic) bond motifs is 3. The number of rotatable bonds is 3. The van der Waals surface area contributed by atoms with Gasteiger partial charge in [0.25, 0.3) is 11.5 Å². The molecule has 0 radical (unpaired) electrons. The third-order valence-electron chi connectivity index (χ3n) is 5.68. The van der Waals surface area contributed by atoms with Gasteiger partial charge >= 0.3 is 0 Å². The van der Waals surface area contributed by atoms with E-state index in [0.29, 0.717) is 29.9 Å². The summed E-state index contributed by atoms with van der Waals surface area (Å²) in [5.41, 5.74) is 6.76. The normalized spacial score (nSPS) is 17.9. The number of thiophene rings is 1. The summed E-state index contributed by atoms with van der Waals surface area (Å²) >= 11 is 1.56. The average molecular weight is 407 g/mol. The van der Waals surface area contributed by atoms with Gasteiger partial charge in [-0.15, -0.1) is 11.3 Å². The van der Waals surface area contributed by atoms with Crippen LogP contribution in [0, 0.1) is 0 Å². The van der Waals surface area contributed by atoms with Crippen LogP contribution in [0.4, 0.5) is 0 Å². The lowest BCUT2D eigenvalue weighted by atomic mass is 9.97. The number of nitrogens with zero attached hydrogens (tertiary/aromatic N) is 2. The quantitative estimate of drug-likeness (QED) is 0.723. The van der Waals surface area contributed by atoms with E-state index in [0.717, 1.165) is 16.0 Å². The molecule has 1 atom stereocenters. The summed E-state index contributed by atoms with van der Waals surface area (Å²) in [6.07, 6.45) is 0.0743. The van der Waals surface area contributed by atoms with Gasteiger partial charge in [-0.3, -0.25) is 9.59 Å². The van der Waals surface area contributed by atoms with Gasteiger partial charge < -0.3 is 15.1 Å². The van der Waals surface area contributed by atoms with Crippen molar-refractivity contribution < 1.29 is 9.53 Å². The van der Waals surface area contributed by atoms with Crippen LogP contribution in [0.2, 0.25) is 0 Å². The number of pyridine rings is 1. The van der Waals surface area contributed by atoms with Gasteiger partial charge in [0, 0.05) is 25.8 Å². The number of ether oxygens (including phenoxy) is 1. The molecule has 4 heterocycles. The zero-order valence-corrected chi connectivity index (χ0v) is 17.0. The summed E-state index contributed by atoms with van der Waals surface area (Å²) in [5.74, 6) is -0.0741. The smallest absolute Gasteiger partial charge is 0.277 e. The van der Waals surface area contributed by atoms with Crippen LogP contribution >= 0.6 is 11.3 Å². The van der Waals surface area contributed by atoms with E-state index in [2.05, 4.69) is 11.5 Å². The second-order valence-electron chi connectivity index (χ2n) is 7.45. The Balaban J connectivity index is 1.72. The Morgan fingerprint density at radius 1 is 1.21 bits per heavy atom. The van der Waals surface area contributed by atoms with Gasteiger partial charge in [0.15, 0.2) is 0 Å². The van der Waals surface area contributed by atoms with Gasteiger partial charge in [0.2, 0.25) is 0 Å². The molecule has 29 heavy (non-hydrogen) atoms. The van der Waals surface area contributed by atoms with Gasteiger partial charge in [-0.1, -0.05) is 30.3 Å². The molecule has 148 valence electrons. The third-order valence-corrected chi connectivity index (χ3v) is 6.62. The predicted octanol–water partition coefficient (Wildman–Crippen LogP) is 3.33. The lowest BCUT2D eigenvalue weighted by molar-refractivity contribution is -0.0191. The first-order chi connectivity index (χ1) is 14.1. The molecular weight excluding hydrogens is 386 g/mol. The highest BCUT2D eigenvalue weighted by Crippen LogP contribution is 2.40. The van der Waals surface area contributed by atoms with Crippen molar-refractivity contribution in [1.29, 1.82) is 0 Å². The molecule has 7 heteroatoms. The topological polar surface area (TPSA) is 63.6 Å². The predicted molar refractivity (Wildman–Crippen MR) is 114 cm³/mol. The first-order valence-electron chi connectivity index (χ1n) is 9.60. The maximum Gasteiger partial charge on any atom is 0.277 e. The molecule has 1 unspecified atom stereocenters. The van der Waals surface area contributed by atoms with Crippen LogP contribution in [0.25, 0.3) is 21.7 Å². The number of hydrogen-bond acceptors (Lipinski definition) is 5. The van der Waals surface area contributed by atoms with Crippen molar-refractivity contribution >= 4 is 17.2 Å². The Labute approximate surface area is 172 Å². The maximum atomic E-state index is 13.4. The number of likely N-dealkylation sites (tertiary alicyclic amines) is 1. The molecule has 2 aliphatic rings. The molecule has 1 aromatic carbocycles. The number of benzene rings is 1. The second-order valence-corrected chi connectivity index (χ2v) is 8.37. The molecule has 1 fully saturated rings. The number of methoxy groups -OCH3 is 1. The number of amides is 1. The molecule has 5 rings (SSSR count). The minimum absolute atomic E-state index is 0.0164. The highest BCUT2D eigenvalue weighted by molar-refractivity contribution is 7.13. The minimum Gasteiger partial charge on any atom is -0.378 e. The standard InChI is InChI=1S/C22H21N3O3S/c1-13-16-8-9-29-20(16)19-18(21(26)24-11-15(12-24)28-2)10-17(22(27)25(19)23-13)14-6-4-3-5-7-14/h3-10,13,15,23H,11-12H2,1-2H3. The van der Waals surface area contributed by atoms with Gasteiger partial charge in [-0.25, -0.2) is 4.68 Å². The fourth-order valence-corrected chi connectivity index (χ4v) is 5.04. The molecule has 1 amide bonds. The SMILES string of the molecule is COC1CN(C(=O)c2cc(-c3ccccc3)c(=O)n3c2-c2sccc2C(C)N3)C1. The Morgan fingerprint density at radius 2 is 1.97 bits per heavy atom. The zero-order valence-electron chi connectivity index (χ0n) is 16.2. The Bertz CT molecular complexity index is 1150. The number of carbonyl (C=O) groups excluding carboxylic acids is 1. The van der Waals surface area contributed by atoms with E-state index >= 15 is 0 Å². The monoisotopic (exact) mass is 407 g/mol. The maximum absolute atomic E-state index is 13.4. The van der Waals surface area contributed by atoms with Gasteiger partial charge in [0.1, 0.15) is 0 Å². The molecule has 6 nitrogen and oxygen atoms in total. The largest absolute Gasteiger partial charge is 0.378 e. The number of aromatic nitrogens is 1. The summed E-state index contributed by atoms with van der Waals surface area (Å²) in [6.45, 7) is 3.15. The third kappa shape index (κ3) is 2.81. The molecule has 0 spiro atoms. The Kier molecular flexibility index (Phi) is 4.29. The van der Waals surface area contributed by atoms with E-state index in [1.807, 2.05) is 42.6 Å². The van der Waals surface area contributed by atoms with Crippen molar-refractivity contribution in [3.05, 3.63) is 69.3 Å². The zero-order chi connectivity index (χ0) is 20.1. The molecule has 0 bridgehead atoms. The lowest BCUT2D eigenvalue weighted by Gasteiger charge is -2.39. The summed E-state index contributed by atoms with van der Waals surface area (Å²) in [4.78, 5) is 29.5. The molecule has 1 saturated heterocycles. The van der Waals surface area contributed by atoms with E-state index in [1.165, 1.54) is 0 Å². The Morgan fingerprint density at radius 3 is 2.69 bits per heavy atom. The van der Waals surface area contributed by atoms with Crippen molar-refractivity contribution in [2.45, 2.75) is 19.1 Å². The molecule has 2 aliphatic heterocycles. The first kappa shape index (κ1) is 18.1. The summed E-state index contributed by atoms with van der Waals surface area (Å²) in [7, 11) is 1.66. The molecule has 2 aromatic heterocycles. The number of carbonyl (C=O) groups is 1. The van der Waals surface area contributed by atoms with E-state index < -0.39 is 0 Å². The lowest BCUT2D eigenvalue weighted by Crippen LogP contribution is -2.54. The van der Waals surface area contributed by atoms with Crippen LogP contribution < -0.4 is 11.0 Å². The van der Waals surface area contributed by atoms with Crippen LogP contribution in [0.3, 0.4) is 0 Å². The van der Waals surface area contributed by atoms with Gasteiger partial charge in [0.05, 0.1) is 28.3 Å². The van der Waals surface area contributed by atoms with Crippen molar-refractivity contribution in [3.63, 3.8) is 0 Å². The van der Waals surface area contributed by atoms with Crippen LogP contribution in [0.15, 0.2) is 52.6 Å². The second kappa shape index (κ2) is 6.86. The van der Waals surface area contributed by atoms with E-state index in [4.69, 9.17) is 4.74 Å². The van der Waals surface area contributed by atoms with Crippen molar-refractivity contribution in [3.8, 4) is 21.7 Å². The van der Waals surface area contributed by atoms with Crippen molar-refractivity contribution in [2.75, 3.05) is 25.6 Å². The Hall–Kier alpha value is -2.90. The average Bonchev–Trinajstić information content (AvgIpc) is 3.19. The number of nitrogens with one attached hydrogen (secondary N) is 1. The summed E-state index contributed by atoms with van der Waals surface area (Å²) in [6, 6.07) is 13.3. The first-order valence-corrected chi connectivity index (χ1v) is 10.5. The molecule has 0 aliphatic carbocycles. The van der Waals surface area contributed by atoms with E-state index in [1.54, 1.807) is 34.1 Å². The van der Waals surface area contributed by atoms with E-state index in [9.17, 15) is 9.59 Å². The minimum atomic E-state index is -0.146. The fourth-order valence-electron chi connectivity index (χ4n) is 3.99. The van der Waals surface area contributed by atoms with Crippen LogP contribution in [-0.2, 0) is 4.74 Å². The molecular formula is C22H21N3O3S. The number of hydrogen-bond donors (Lipinski definition) is 1. The highest BCUT2D eigenvalue weighted by atomic mass is 32.1. The molecule has 1 N–H and O–H groups in total. The van der Waals surface area contributed by atoms with Crippen molar-refractivity contribution in [1.82, 2.24) is 9.58 Å². The summed E-state index contributed by atoms with van der Waals surface area (Å²) < 4.78 is 6.89. The van der Waals surface area contributed by atoms with Crippen LogP contribution in [0.1, 0.15) is 28.9 Å². The fraction of sp³-hybridized carbons (Fsp3) is 0.273. The highest BCUT2D eigenvalue weighted by Gasteiger charge is 2.36. The van der Waals surface area contributed by atoms with Gasteiger partial charge in [-0.05, 0) is 35.6 Å². The molecule has 0 saturated carbocycles.